The van der Waals surface area contributed by atoms with Crippen LogP contribution in [0, 0.1) is 0 Å². The molecular weight excluding hydrogens is 202 g/mol. The molecule has 2 rings (SSSR count). The number of aromatic nitrogens is 2. The van der Waals surface area contributed by atoms with Crippen molar-refractivity contribution in [1.29, 1.82) is 0 Å². The van der Waals surface area contributed by atoms with Gasteiger partial charge >= 0.3 is 0 Å². The highest BCUT2D eigenvalue weighted by molar-refractivity contribution is 5.34. The number of hydrogen-bond acceptors (Lipinski definition) is 4. The number of rotatable bonds is 7. The van der Waals surface area contributed by atoms with E-state index in [1.165, 1.54) is 12.8 Å². The summed E-state index contributed by atoms with van der Waals surface area (Å²) in [5.41, 5.74) is 5.45. The molecule has 0 bridgehead atoms. The number of nitrogens with two attached hydrogens (primary N) is 1. The predicted octanol–water partition coefficient (Wildman–Crippen LogP) is 0.568. The molecule has 0 spiro atoms. The number of unbranched alkanes of at least 4 members (excludes halogenated alkanes) is 2. The second kappa shape index (κ2) is 5.86. The Hall–Kier alpha value is -1.07. The second-order valence-electron chi connectivity index (χ2n) is 4.25. The van der Waals surface area contributed by atoms with Crippen LogP contribution in [-0.2, 0) is 0 Å². The zero-order valence-electron chi connectivity index (χ0n) is 9.65. The van der Waals surface area contributed by atoms with Crippen LogP contribution in [0.1, 0.15) is 25.3 Å². The first kappa shape index (κ1) is 11.4. The Balaban J connectivity index is 1.73. The van der Waals surface area contributed by atoms with Gasteiger partial charge in [-0.25, -0.2) is 4.68 Å². The lowest BCUT2D eigenvalue weighted by Gasteiger charge is -2.28. The molecular formula is C11H21N5. The molecule has 0 amide bonds. The SMILES string of the molecule is NCCCCCNc1ccnn1C1CNC1. The lowest BCUT2D eigenvalue weighted by Crippen LogP contribution is -2.44. The molecule has 1 saturated heterocycles. The van der Waals surface area contributed by atoms with Crippen molar-refractivity contribution in [3.8, 4) is 0 Å². The number of nitrogens with zero attached hydrogens (tertiary/aromatic N) is 2. The Bertz CT molecular complexity index is 305. The average molecular weight is 223 g/mol. The molecule has 90 valence electrons. The van der Waals surface area contributed by atoms with Gasteiger partial charge < -0.3 is 16.4 Å². The summed E-state index contributed by atoms with van der Waals surface area (Å²) in [5.74, 6) is 1.14. The molecule has 0 unspecified atom stereocenters. The minimum atomic E-state index is 0.529. The Kier molecular flexibility index (Phi) is 4.18. The van der Waals surface area contributed by atoms with Crippen molar-refractivity contribution in [2.75, 3.05) is 31.5 Å². The largest absolute Gasteiger partial charge is 0.370 e. The standard InChI is InChI=1S/C11H21N5/c12-5-2-1-3-6-14-11-4-7-15-16(11)10-8-13-9-10/h4,7,10,13-14H,1-3,5-6,8-9,12H2. The molecule has 0 aliphatic carbocycles. The Morgan fingerprint density at radius 1 is 1.44 bits per heavy atom. The molecule has 0 aromatic carbocycles. The van der Waals surface area contributed by atoms with E-state index < -0.39 is 0 Å². The van der Waals surface area contributed by atoms with E-state index in [-0.39, 0.29) is 0 Å². The van der Waals surface area contributed by atoms with Crippen LogP contribution in [-0.4, -0.2) is 36.0 Å². The fraction of sp³-hybridized carbons (Fsp3) is 0.727. The third kappa shape index (κ3) is 2.74. The van der Waals surface area contributed by atoms with Crippen LogP contribution in [0.25, 0.3) is 0 Å². The van der Waals surface area contributed by atoms with Gasteiger partial charge in [-0.2, -0.15) is 5.10 Å². The first-order chi connectivity index (χ1) is 7.92. The maximum atomic E-state index is 5.45. The summed E-state index contributed by atoms with van der Waals surface area (Å²) in [7, 11) is 0. The summed E-state index contributed by atoms with van der Waals surface area (Å²) in [6, 6.07) is 2.57. The highest BCUT2D eigenvalue weighted by atomic mass is 15.4. The average Bonchev–Trinajstić information content (AvgIpc) is 2.64. The minimum absolute atomic E-state index is 0.529. The van der Waals surface area contributed by atoms with E-state index >= 15 is 0 Å². The van der Waals surface area contributed by atoms with E-state index in [2.05, 4.69) is 20.4 Å². The topological polar surface area (TPSA) is 67.9 Å². The summed E-state index contributed by atoms with van der Waals surface area (Å²) in [5, 5.41) is 11.0. The van der Waals surface area contributed by atoms with E-state index in [1.54, 1.807) is 0 Å². The lowest BCUT2D eigenvalue weighted by atomic mass is 10.2. The van der Waals surface area contributed by atoms with Crippen LogP contribution in [0.3, 0.4) is 0 Å². The van der Waals surface area contributed by atoms with Crippen LogP contribution >= 0.6 is 0 Å². The second-order valence-corrected chi connectivity index (χ2v) is 4.25. The number of nitrogens with one attached hydrogen (secondary N) is 2. The Labute approximate surface area is 96.4 Å². The molecule has 4 N–H and O–H groups in total. The molecule has 16 heavy (non-hydrogen) atoms. The zero-order chi connectivity index (χ0) is 11.2. The molecule has 0 radical (unpaired) electrons. The van der Waals surface area contributed by atoms with Crippen LogP contribution in [0.5, 0.6) is 0 Å². The van der Waals surface area contributed by atoms with E-state index in [9.17, 15) is 0 Å². The molecule has 0 saturated carbocycles. The zero-order valence-corrected chi connectivity index (χ0v) is 9.65. The Morgan fingerprint density at radius 3 is 3.00 bits per heavy atom. The lowest BCUT2D eigenvalue weighted by molar-refractivity contribution is 0.321. The van der Waals surface area contributed by atoms with Gasteiger partial charge in [0.1, 0.15) is 5.82 Å². The highest BCUT2D eigenvalue weighted by Crippen LogP contribution is 2.17. The molecule has 5 heteroatoms. The van der Waals surface area contributed by atoms with Crippen LogP contribution < -0.4 is 16.4 Å². The fourth-order valence-electron chi connectivity index (χ4n) is 1.85. The molecule has 0 atom stereocenters. The maximum Gasteiger partial charge on any atom is 0.124 e. The van der Waals surface area contributed by atoms with Gasteiger partial charge in [-0.3, -0.25) is 0 Å². The monoisotopic (exact) mass is 223 g/mol. The third-order valence-electron chi connectivity index (χ3n) is 2.96. The molecule has 1 aliphatic heterocycles. The third-order valence-corrected chi connectivity index (χ3v) is 2.96. The predicted molar refractivity (Wildman–Crippen MR) is 65.5 cm³/mol. The van der Waals surface area contributed by atoms with E-state index in [0.29, 0.717) is 6.04 Å². The molecule has 5 nitrogen and oxygen atoms in total. The molecule has 1 aromatic heterocycles. The van der Waals surface area contributed by atoms with Crippen molar-refractivity contribution in [3.05, 3.63) is 12.3 Å². The summed E-state index contributed by atoms with van der Waals surface area (Å²) in [4.78, 5) is 0. The van der Waals surface area contributed by atoms with Crippen molar-refractivity contribution in [2.45, 2.75) is 25.3 Å². The number of anilines is 1. The van der Waals surface area contributed by atoms with Crippen LogP contribution in [0.2, 0.25) is 0 Å². The van der Waals surface area contributed by atoms with Gasteiger partial charge in [0.25, 0.3) is 0 Å². The van der Waals surface area contributed by atoms with E-state index in [0.717, 1.165) is 38.4 Å². The maximum absolute atomic E-state index is 5.45. The molecule has 1 aromatic rings. The molecule has 1 aliphatic rings. The van der Waals surface area contributed by atoms with Gasteiger partial charge in [-0.15, -0.1) is 0 Å². The van der Waals surface area contributed by atoms with E-state index in [1.807, 2.05) is 12.3 Å². The first-order valence-corrected chi connectivity index (χ1v) is 6.10. The summed E-state index contributed by atoms with van der Waals surface area (Å²) in [6.07, 6.45) is 5.35. The van der Waals surface area contributed by atoms with Gasteiger partial charge in [0, 0.05) is 25.7 Å². The molecule has 1 fully saturated rings. The summed E-state index contributed by atoms with van der Waals surface area (Å²) >= 11 is 0. The van der Waals surface area contributed by atoms with Crippen molar-refractivity contribution < 1.29 is 0 Å². The van der Waals surface area contributed by atoms with Gasteiger partial charge in [0.05, 0.1) is 12.2 Å². The normalized spacial score (nSPS) is 16.1. The van der Waals surface area contributed by atoms with Crippen molar-refractivity contribution in [3.63, 3.8) is 0 Å². The quantitative estimate of drug-likeness (QED) is 0.591. The van der Waals surface area contributed by atoms with Gasteiger partial charge in [-0.1, -0.05) is 6.42 Å². The Morgan fingerprint density at radius 2 is 2.31 bits per heavy atom. The van der Waals surface area contributed by atoms with E-state index in [4.69, 9.17) is 5.73 Å². The summed E-state index contributed by atoms with van der Waals surface area (Å²) < 4.78 is 2.08. The smallest absolute Gasteiger partial charge is 0.124 e. The number of hydrogen-bond donors (Lipinski definition) is 3. The minimum Gasteiger partial charge on any atom is -0.370 e. The molecule has 2 heterocycles. The van der Waals surface area contributed by atoms with Crippen LogP contribution in [0.15, 0.2) is 12.3 Å². The highest BCUT2D eigenvalue weighted by Gasteiger charge is 2.21. The fourth-order valence-corrected chi connectivity index (χ4v) is 1.85. The van der Waals surface area contributed by atoms with Crippen molar-refractivity contribution in [1.82, 2.24) is 15.1 Å². The van der Waals surface area contributed by atoms with Crippen molar-refractivity contribution in [2.24, 2.45) is 5.73 Å². The van der Waals surface area contributed by atoms with Crippen LogP contribution in [0.4, 0.5) is 5.82 Å². The van der Waals surface area contributed by atoms with Gasteiger partial charge in [0.15, 0.2) is 0 Å². The van der Waals surface area contributed by atoms with Gasteiger partial charge in [-0.05, 0) is 19.4 Å². The van der Waals surface area contributed by atoms with Crippen molar-refractivity contribution >= 4 is 5.82 Å². The summed E-state index contributed by atoms with van der Waals surface area (Å²) in [6.45, 7) is 3.87. The van der Waals surface area contributed by atoms with Gasteiger partial charge in [0.2, 0.25) is 0 Å². The first-order valence-electron chi connectivity index (χ1n) is 6.10.